The number of benzene rings is 2. The molecule has 98 valence electrons. The SMILES string of the molecule is CC(=O)c1cc(Oc2cccc(Cl)c2F)ccc1N. The lowest BCUT2D eigenvalue weighted by Gasteiger charge is -2.09. The van der Waals surface area contributed by atoms with Gasteiger partial charge in [-0.1, -0.05) is 17.7 Å². The molecule has 0 fully saturated rings. The number of nitrogen functional groups attached to an aromatic ring is 1. The van der Waals surface area contributed by atoms with E-state index in [1.54, 1.807) is 12.1 Å². The summed E-state index contributed by atoms with van der Waals surface area (Å²) >= 11 is 5.66. The van der Waals surface area contributed by atoms with Gasteiger partial charge in [-0.25, -0.2) is 4.39 Å². The summed E-state index contributed by atoms with van der Waals surface area (Å²) in [5.74, 6) is -0.521. The summed E-state index contributed by atoms with van der Waals surface area (Å²) < 4.78 is 19.0. The number of ketones is 1. The van der Waals surface area contributed by atoms with E-state index in [2.05, 4.69) is 0 Å². The van der Waals surface area contributed by atoms with Gasteiger partial charge in [0.15, 0.2) is 17.3 Å². The summed E-state index contributed by atoms with van der Waals surface area (Å²) in [7, 11) is 0. The quantitative estimate of drug-likeness (QED) is 0.681. The second-order valence-electron chi connectivity index (χ2n) is 3.96. The van der Waals surface area contributed by atoms with Crippen molar-refractivity contribution in [1.29, 1.82) is 0 Å². The van der Waals surface area contributed by atoms with Crippen LogP contribution >= 0.6 is 11.6 Å². The first kappa shape index (κ1) is 13.4. The molecule has 2 aromatic rings. The summed E-state index contributed by atoms with van der Waals surface area (Å²) in [5, 5.41) is -0.0280. The van der Waals surface area contributed by atoms with Gasteiger partial charge in [0, 0.05) is 11.3 Å². The van der Waals surface area contributed by atoms with Crippen LogP contribution in [0.1, 0.15) is 17.3 Å². The van der Waals surface area contributed by atoms with E-state index in [0.29, 0.717) is 17.0 Å². The summed E-state index contributed by atoms with van der Waals surface area (Å²) in [6.45, 7) is 1.40. The van der Waals surface area contributed by atoms with Crippen molar-refractivity contribution in [3.05, 3.63) is 52.8 Å². The molecule has 0 spiro atoms. The minimum atomic E-state index is -0.648. The topological polar surface area (TPSA) is 52.3 Å². The lowest BCUT2D eigenvalue weighted by Crippen LogP contribution is -2.00. The van der Waals surface area contributed by atoms with E-state index in [4.69, 9.17) is 22.1 Å². The normalized spacial score (nSPS) is 10.3. The highest BCUT2D eigenvalue weighted by molar-refractivity contribution is 6.30. The van der Waals surface area contributed by atoms with Crippen molar-refractivity contribution in [3.63, 3.8) is 0 Å². The molecule has 0 radical (unpaired) electrons. The molecule has 3 nitrogen and oxygen atoms in total. The van der Waals surface area contributed by atoms with Gasteiger partial charge < -0.3 is 10.5 Å². The Hall–Kier alpha value is -2.07. The summed E-state index contributed by atoms with van der Waals surface area (Å²) in [4.78, 5) is 11.4. The monoisotopic (exact) mass is 279 g/mol. The smallest absolute Gasteiger partial charge is 0.184 e. The van der Waals surface area contributed by atoms with E-state index in [1.807, 2.05) is 0 Å². The van der Waals surface area contributed by atoms with E-state index in [1.165, 1.54) is 31.2 Å². The number of carbonyl (C=O) groups excluding carboxylic acids is 1. The Morgan fingerprint density at radius 2 is 2.05 bits per heavy atom. The fourth-order valence-electron chi connectivity index (χ4n) is 1.59. The maximum absolute atomic E-state index is 13.7. The lowest BCUT2D eigenvalue weighted by atomic mass is 10.1. The zero-order valence-electron chi connectivity index (χ0n) is 10.1. The van der Waals surface area contributed by atoms with Crippen LogP contribution in [-0.4, -0.2) is 5.78 Å². The molecule has 2 rings (SSSR count). The molecular formula is C14H11ClFNO2. The van der Waals surface area contributed by atoms with Gasteiger partial charge in [-0.05, 0) is 37.3 Å². The van der Waals surface area contributed by atoms with Crippen molar-refractivity contribution in [2.75, 3.05) is 5.73 Å². The van der Waals surface area contributed by atoms with Crippen LogP contribution in [0.3, 0.4) is 0 Å². The molecule has 0 aromatic heterocycles. The van der Waals surface area contributed by atoms with Crippen LogP contribution in [-0.2, 0) is 0 Å². The van der Waals surface area contributed by atoms with Gasteiger partial charge in [-0.15, -0.1) is 0 Å². The minimum absolute atomic E-state index is 0.00762. The van der Waals surface area contributed by atoms with Crippen molar-refractivity contribution < 1.29 is 13.9 Å². The van der Waals surface area contributed by atoms with Gasteiger partial charge in [0.1, 0.15) is 5.75 Å². The molecule has 0 amide bonds. The highest BCUT2D eigenvalue weighted by Gasteiger charge is 2.11. The number of hydrogen-bond acceptors (Lipinski definition) is 3. The van der Waals surface area contributed by atoms with Gasteiger partial charge in [-0.3, -0.25) is 4.79 Å². The number of ether oxygens (including phenoxy) is 1. The Bertz CT molecular complexity index is 643. The van der Waals surface area contributed by atoms with Crippen molar-refractivity contribution in [2.45, 2.75) is 6.92 Å². The zero-order valence-corrected chi connectivity index (χ0v) is 10.9. The average Bonchev–Trinajstić information content (AvgIpc) is 2.37. The first-order chi connectivity index (χ1) is 8.99. The molecule has 0 saturated heterocycles. The fraction of sp³-hybridized carbons (Fsp3) is 0.0714. The van der Waals surface area contributed by atoms with E-state index in [-0.39, 0.29) is 16.6 Å². The molecule has 0 saturated carbocycles. The molecule has 2 N–H and O–H groups in total. The molecule has 0 atom stereocenters. The minimum Gasteiger partial charge on any atom is -0.454 e. The summed E-state index contributed by atoms with van der Waals surface area (Å²) in [6.07, 6.45) is 0. The van der Waals surface area contributed by atoms with Crippen LogP contribution in [0.2, 0.25) is 5.02 Å². The molecule has 5 heteroatoms. The van der Waals surface area contributed by atoms with E-state index >= 15 is 0 Å². The third-order valence-electron chi connectivity index (χ3n) is 2.55. The molecule has 0 aliphatic carbocycles. The molecule has 19 heavy (non-hydrogen) atoms. The van der Waals surface area contributed by atoms with Crippen LogP contribution in [0, 0.1) is 5.82 Å². The van der Waals surface area contributed by atoms with Gasteiger partial charge in [-0.2, -0.15) is 0 Å². The summed E-state index contributed by atoms with van der Waals surface area (Å²) in [6, 6.07) is 9.01. The highest BCUT2D eigenvalue weighted by atomic mass is 35.5. The zero-order chi connectivity index (χ0) is 14.0. The molecule has 0 heterocycles. The number of nitrogens with two attached hydrogens (primary N) is 1. The number of carbonyl (C=O) groups is 1. The molecule has 0 aliphatic heterocycles. The first-order valence-electron chi connectivity index (χ1n) is 5.51. The molecule has 0 unspecified atom stereocenters. The highest BCUT2D eigenvalue weighted by Crippen LogP contribution is 2.30. The van der Waals surface area contributed by atoms with Crippen LogP contribution < -0.4 is 10.5 Å². The maximum atomic E-state index is 13.7. The maximum Gasteiger partial charge on any atom is 0.184 e. The van der Waals surface area contributed by atoms with E-state index < -0.39 is 5.82 Å². The predicted octanol–water partition coefficient (Wildman–Crippen LogP) is 4.06. The van der Waals surface area contributed by atoms with Crippen molar-refractivity contribution in [3.8, 4) is 11.5 Å². The molecule has 2 aromatic carbocycles. The Balaban J connectivity index is 2.36. The molecular weight excluding hydrogens is 269 g/mol. The second-order valence-corrected chi connectivity index (χ2v) is 4.37. The van der Waals surface area contributed by atoms with E-state index in [9.17, 15) is 9.18 Å². The van der Waals surface area contributed by atoms with Crippen LogP contribution in [0.4, 0.5) is 10.1 Å². The standard InChI is InChI=1S/C14H11ClFNO2/c1-8(18)10-7-9(5-6-12(10)17)19-13-4-2-3-11(15)14(13)16/h2-7H,17H2,1H3. The Morgan fingerprint density at radius 3 is 2.74 bits per heavy atom. The Labute approximate surface area is 114 Å². The number of hydrogen-bond donors (Lipinski definition) is 1. The van der Waals surface area contributed by atoms with Gasteiger partial charge in [0.25, 0.3) is 0 Å². The number of halogens is 2. The lowest BCUT2D eigenvalue weighted by molar-refractivity contribution is 0.101. The number of anilines is 1. The fourth-order valence-corrected chi connectivity index (χ4v) is 1.76. The Kier molecular flexibility index (Phi) is 3.71. The van der Waals surface area contributed by atoms with Crippen LogP contribution in [0.25, 0.3) is 0 Å². The van der Waals surface area contributed by atoms with Crippen molar-refractivity contribution in [1.82, 2.24) is 0 Å². The largest absolute Gasteiger partial charge is 0.454 e. The Morgan fingerprint density at radius 1 is 1.32 bits per heavy atom. The number of Topliss-reactive ketones (excluding diaryl/α,β-unsaturated/α-hetero) is 1. The van der Waals surface area contributed by atoms with Crippen molar-refractivity contribution in [2.24, 2.45) is 0 Å². The third kappa shape index (κ3) is 2.85. The van der Waals surface area contributed by atoms with E-state index in [0.717, 1.165) is 0 Å². The van der Waals surface area contributed by atoms with Gasteiger partial charge >= 0.3 is 0 Å². The van der Waals surface area contributed by atoms with Crippen LogP contribution in [0.15, 0.2) is 36.4 Å². The number of rotatable bonds is 3. The van der Waals surface area contributed by atoms with Gasteiger partial charge in [0.2, 0.25) is 0 Å². The van der Waals surface area contributed by atoms with Crippen LogP contribution in [0.5, 0.6) is 11.5 Å². The molecule has 0 bridgehead atoms. The van der Waals surface area contributed by atoms with Crippen molar-refractivity contribution >= 4 is 23.1 Å². The predicted molar refractivity (Wildman–Crippen MR) is 72.3 cm³/mol. The summed E-state index contributed by atoms with van der Waals surface area (Å²) in [5.41, 5.74) is 6.35. The first-order valence-corrected chi connectivity index (χ1v) is 5.89. The third-order valence-corrected chi connectivity index (χ3v) is 2.84. The van der Waals surface area contributed by atoms with Gasteiger partial charge in [0.05, 0.1) is 5.02 Å². The average molecular weight is 280 g/mol. The second kappa shape index (κ2) is 5.28. The molecule has 0 aliphatic rings.